The van der Waals surface area contributed by atoms with Crippen molar-refractivity contribution < 1.29 is 14.3 Å². The molecule has 0 aliphatic carbocycles. The van der Waals surface area contributed by atoms with Crippen LogP contribution in [0.1, 0.15) is 40.0 Å². The Morgan fingerprint density at radius 2 is 1.60 bits per heavy atom. The number of carbonyl (C=O) groups excluding carboxylic acids is 2. The molecule has 5 heteroatoms. The second-order valence-electron chi connectivity index (χ2n) is 7.23. The smallest absolute Gasteiger partial charge is 0.262 e. The van der Waals surface area contributed by atoms with Gasteiger partial charge in [-0.25, -0.2) is 0 Å². The fourth-order valence-corrected chi connectivity index (χ4v) is 3.03. The zero-order valence-corrected chi connectivity index (χ0v) is 17.4. The van der Waals surface area contributed by atoms with Crippen molar-refractivity contribution in [1.29, 1.82) is 0 Å². The summed E-state index contributed by atoms with van der Waals surface area (Å²) in [6.07, 6.45) is 0. The first kappa shape index (κ1) is 21.1. The average molecular weight is 402 g/mol. The van der Waals surface area contributed by atoms with Gasteiger partial charge in [-0.2, -0.15) is 0 Å². The van der Waals surface area contributed by atoms with E-state index in [1.54, 1.807) is 24.3 Å². The predicted octanol–water partition coefficient (Wildman–Crippen LogP) is 4.81. The van der Waals surface area contributed by atoms with Crippen molar-refractivity contribution in [3.05, 3.63) is 95.1 Å². The van der Waals surface area contributed by atoms with Gasteiger partial charge >= 0.3 is 0 Å². The zero-order chi connectivity index (χ0) is 21.5. The van der Waals surface area contributed by atoms with Gasteiger partial charge in [-0.15, -0.1) is 0 Å². The van der Waals surface area contributed by atoms with Gasteiger partial charge < -0.3 is 15.4 Å². The number of anilines is 1. The second kappa shape index (κ2) is 9.74. The van der Waals surface area contributed by atoms with Crippen molar-refractivity contribution in [2.75, 3.05) is 11.9 Å². The van der Waals surface area contributed by atoms with Crippen LogP contribution in [0.3, 0.4) is 0 Å². The third-order valence-corrected chi connectivity index (χ3v) is 4.94. The quantitative estimate of drug-likeness (QED) is 0.596. The maximum absolute atomic E-state index is 12.8. The van der Waals surface area contributed by atoms with Gasteiger partial charge in [-0.1, -0.05) is 48.5 Å². The Kier molecular flexibility index (Phi) is 6.86. The number of hydrogen-bond donors (Lipinski definition) is 2. The van der Waals surface area contributed by atoms with Crippen LogP contribution in [0.25, 0.3) is 0 Å². The lowest BCUT2D eigenvalue weighted by molar-refractivity contribution is -0.118. The predicted molar refractivity (Wildman–Crippen MR) is 119 cm³/mol. The van der Waals surface area contributed by atoms with Crippen LogP contribution in [0.5, 0.6) is 5.75 Å². The van der Waals surface area contributed by atoms with Crippen molar-refractivity contribution in [3.8, 4) is 5.75 Å². The van der Waals surface area contributed by atoms with Crippen molar-refractivity contribution >= 4 is 17.5 Å². The topological polar surface area (TPSA) is 67.4 Å². The van der Waals surface area contributed by atoms with Crippen LogP contribution in [-0.2, 0) is 4.79 Å². The fraction of sp³-hybridized carbons (Fsp3) is 0.200. The Bertz CT molecular complexity index is 1030. The first-order valence-corrected chi connectivity index (χ1v) is 9.89. The van der Waals surface area contributed by atoms with E-state index in [2.05, 4.69) is 10.6 Å². The van der Waals surface area contributed by atoms with Crippen LogP contribution in [-0.4, -0.2) is 18.4 Å². The summed E-state index contributed by atoms with van der Waals surface area (Å²) in [6, 6.07) is 22.2. The summed E-state index contributed by atoms with van der Waals surface area (Å²) in [4.78, 5) is 25.2. The van der Waals surface area contributed by atoms with E-state index >= 15 is 0 Å². The van der Waals surface area contributed by atoms with Gasteiger partial charge in [0.15, 0.2) is 6.61 Å². The van der Waals surface area contributed by atoms with Gasteiger partial charge in [-0.3, -0.25) is 9.59 Å². The summed E-state index contributed by atoms with van der Waals surface area (Å²) in [7, 11) is 0. The van der Waals surface area contributed by atoms with Gasteiger partial charge in [0, 0.05) is 0 Å². The van der Waals surface area contributed by atoms with Crippen molar-refractivity contribution in [3.63, 3.8) is 0 Å². The van der Waals surface area contributed by atoms with Crippen molar-refractivity contribution in [2.45, 2.75) is 26.8 Å². The zero-order valence-electron chi connectivity index (χ0n) is 17.4. The van der Waals surface area contributed by atoms with E-state index < -0.39 is 0 Å². The molecule has 2 N–H and O–H groups in total. The molecule has 1 atom stereocenters. The molecular weight excluding hydrogens is 376 g/mol. The first-order chi connectivity index (χ1) is 14.4. The highest BCUT2D eigenvalue weighted by Crippen LogP contribution is 2.19. The lowest BCUT2D eigenvalue weighted by Gasteiger charge is -2.16. The standard InChI is InChI=1S/C25H26N2O3/c1-17-13-14-21(15-18(17)2)30-16-24(28)27-23-12-8-7-11-22(23)25(29)26-19(3)20-9-5-4-6-10-20/h4-15,19H,16H2,1-3H3,(H,26,29)(H,27,28). The molecule has 154 valence electrons. The van der Waals surface area contributed by atoms with E-state index in [9.17, 15) is 9.59 Å². The SMILES string of the molecule is Cc1ccc(OCC(=O)Nc2ccccc2C(=O)NC(C)c2ccccc2)cc1C. The van der Waals surface area contributed by atoms with Crippen LogP contribution in [0, 0.1) is 13.8 Å². The maximum atomic E-state index is 12.8. The molecule has 1 unspecified atom stereocenters. The van der Waals surface area contributed by atoms with E-state index in [1.165, 1.54) is 0 Å². The molecular formula is C25H26N2O3. The molecule has 0 bridgehead atoms. The number of benzene rings is 3. The van der Waals surface area contributed by atoms with Crippen molar-refractivity contribution in [1.82, 2.24) is 5.32 Å². The lowest BCUT2D eigenvalue weighted by atomic mass is 10.1. The molecule has 2 amide bonds. The summed E-state index contributed by atoms with van der Waals surface area (Å²) in [5.74, 6) is 0.0536. The number of para-hydroxylation sites is 1. The molecule has 0 heterocycles. The molecule has 3 rings (SSSR count). The Morgan fingerprint density at radius 1 is 0.900 bits per heavy atom. The number of amides is 2. The van der Waals surface area contributed by atoms with E-state index in [1.807, 2.05) is 69.3 Å². The summed E-state index contributed by atoms with van der Waals surface area (Å²) in [6.45, 7) is 5.80. The summed E-state index contributed by atoms with van der Waals surface area (Å²) in [5, 5.41) is 5.75. The van der Waals surface area contributed by atoms with Crippen LogP contribution in [0.15, 0.2) is 72.8 Å². The Balaban J connectivity index is 1.63. The highest BCUT2D eigenvalue weighted by Gasteiger charge is 2.16. The van der Waals surface area contributed by atoms with Crippen LogP contribution in [0.4, 0.5) is 5.69 Å². The molecule has 3 aromatic carbocycles. The third kappa shape index (κ3) is 5.47. The minimum atomic E-state index is -0.329. The average Bonchev–Trinajstić information content (AvgIpc) is 2.75. The largest absolute Gasteiger partial charge is 0.484 e. The molecule has 0 saturated heterocycles. The molecule has 0 aromatic heterocycles. The normalized spacial score (nSPS) is 11.4. The lowest BCUT2D eigenvalue weighted by Crippen LogP contribution is -2.28. The highest BCUT2D eigenvalue weighted by atomic mass is 16.5. The number of nitrogens with one attached hydrogen (secondary N) is 2. The van der Waals surface area contributed by atoms with Gasteiger partial charge in [0.2, 0.25) is 0 Å². The monoisotopic (exact) mass is 402 g/mol. The molecule has 0 saturated carbocycles. The number of hydrogen-bond acceptors (Lipinski definition) is 3. The fourth-order valence-electron chi connectivity index (χ4n) is 3.03. The summed E-state index contributed by atoms with van der Waals surface area (Å²) >= 11 is 0. The molecule has 5 nitrogen and oxygen atoms in total. The molecule has 0 aliphatic rings. The molecule has 3 aromatic rings. The minimum Gasteiger partial charge on any atom is -0.484 e. The van der Waals surface area contributed by atoms with Crippen LogP contribution >= 0.6 is 0 Å². The number of ether oxygens (including phenoxy) is 1. The van der Waals surface area contributed by atoms with Crippen molar-refractivity contribution in [2.24, 2.45) is 0 Å². The molecule has 30 heavy (non-hydrogen) atoms. The summed E-state index contributed by atoms with van der Waals surface area (Å²) in [5.41, 5.74) is 4.12. The number of aryl methyl sites for hydroxylation is 2. The number of rotatable bonds is 7. The molecule has 0 aliphatic heterocycles. The van der Waals surface area contributed by atoms with E-state index in [0.29, 0.717) is 17.0 Å². The highest BCUT2D eigenvalue weighted by molar-refractivity contribution is 6.04. The van der Waals surface area contributed by atoms with E-state index in [0.717, 1.165) is 16.7 Å². The second-order valence-corrected chi connectivity index (χ2v) is 7.23. The van der Waals surface area contributed by atoms with Gasteiger partial charge in [0.05, 0.1) is 17.3 Å². The maximum Gasteiger partial charge on any atom is 0.262 e. The Hall–Kier alpha value is -3.60. The van der Waals surface area contributed by atoms with Gasteiger partial charge in [0.25, 0.3) is 11.8 Å². The number of carbonyl (C=O) groups is 2. The van der Waals surface area contributed by atoms with E-state index in [4.69, 9.17) is 4.74 Å². The van der Waals surface area contributed by atoms with Crippen LogP contribution < -0.4 is 15.4 Å². The Labute approximate surface area is 177 Å². The van der Waals surface area contributed by atoms with Gasteiger partial charge in [0.1, 0.15) is 5.75 Å². The summed E-state index contributed by atoms with van der Waals surface area (Å²) < 4.78 is 5.59. The van der Waals surface area contributed by atoms with Gasteiger partial charge in [-0.05, 0) is 61.7 Å². The first-order valence-electron chi connectivity index (χ1n) is 9.89. The van der Waals surface area contributed by atoms with Crippen LogP contribution in [0.2, 0.25) is 0 Å². The minimum absolute atomic E-state index is 0.140. The third-order valence-electron chi connectivity index (χ3n) is 4.94. The van der Waals surface area contributed by atoms with E-state index in [-0.39, 0.29) is 24.5 Å². The molecule has 0 radical (unpaired) electrons. The molecule has 0 fully saturated rings. The molecule has 0 spiro atoms. The Morgan fingerprint density at radius 3 is 2.33 bits per heavy atom.